The molecule has 0 amide bonds. The van der Waals surface area contributed by atoms with Crippen LogP contribution in [0.2, 0.25) is 0 Å². The summed E-state index contributed by atoms with van der Waals surface area (Å²) >= 11 is 0. The second kappa shape index (κ2) is 14.1. The van der Waals surface area contributed by atoms with Crippen LogP contribution < -0.4 is 4.74 Å². The van der Waals surface area contributed by atoms with Crippen LogP contribution in [0.1, 0.15) is 57.9 Å². The second-order valence-electron chi connectivity index (χ2n) is 7.64. The molecule has 0 radical (unpaired) electrons. The zero-order chi connectivity index (χ0) is 22.3. The van der Waals surface area contributed by atoms with Crippen molar-refractivity contribution < 1.29 is 14.3 Å². The molecule has 166 valence electrons. The highest BCUT2D eigenvalue weighted by Crippen LogP contribution is 2.22. The molecule has 2 rings (SSSR count). The van der Waals surface area contributed by atoms with E-state index in [9.17, 15) is 4.79 Å². The Morgan fingerprint density at radius 3 is 2.00 bits per heavy atom. The number of carbonyl (C=O) groups excluding carboxylic acids is 1. The first-order valence-corrected chi connectivity index (χ1v) is 11.1. The lowest BCUT2D eigenvalue weighted by atomic mass is 10.1. The third-order valence-corrected chi connectivity index (χ3v) is 4.76. The summed E-state index contributed by atoms with van der Waals surface area (Å²) in [5, 5.41) is 8.61. The molecule has 0 saturated heterocycles. The topological polar surface area (TPSA) is 60.2 Å². The molecule has 2 aromatic carbocycles. The van der Waals surface area contributed by atoms with Crippen molar-refractivity contribution in [3.63, 3.8) is 0 Å². The smallest absolute Gasteiger partial charge is 0.333 e. The molecule has 5 heteroatoms. The normalized spacial score (nSPS) is 10.9. The number of carbonyl (C=O) groups is 1. The van der Waals surface area contributed by atoms with Gasteiger partial charge in [0.25, 0.3) is 0 Å². The summed E-state index contributed by atoms with van der Waals surface area (Å²) in [5.74, 6) is 0.515. The van der Waals surface area contributed by atoms with Gasteiger partial charge in [-0.05, 0) is 87.4 Å². The average Bonchev–Trinajstić information content (AvgIpc) is 2.79. The molecule has 0 spiro atoms. The van der Waals surface area contributed by atoms with Gasteiger partial charge in [-0.3, -0.25) is 0 Å². The summed E-state index contributed by atoms with van der Waals surface area (Å²) in [6, 6.07) is 15.9. The largest absolute Gasteiger partial charge is 0.494 e. The van der Waals surface area contributed by atoms with E-state index < -0.39 is 0 Å². The Morgan fingerprint density at radius 2 is 1.42 bits per heavy atom. The Balaban J connectivity index is 1.62. The van der Waals surface area contributed by atoms with Crippen LogP contribution in [-0.2, 0) is 16.0 Å². The standard InChI is InChI=1S/C26H34N2O3/c1-4-5-10-22-11-13-23(14-12-22)27-28-24-15-17-25(18-16-24)30-19-8-6-7-9-20-31-26(29)21(2)3/h11-18H,2,4-10,19-20H2,1,3H3/b28-27+. The number of aryl methyl sites for hydroxylation is 1. The molecular weight excluding hydrogens is 388 g/mol. The number of hydrogen-bond donors (Lipinski definition) is 0. The summed E-state index contributed by atoms with van der Waals surface area (Å²) in [4.78, 5) is 11.3. The molecule has 0 saturated carbocycles. The first-order valence-electron chi connectivity index (χ1n) is 11.1. The minimum atomic E-state index is -0.313. The SMILES string of the molecule is C=C(C)C(=O)OCCCCCCOc1ccc(/N=N/c2ccc(CCCC)cc2)cc1. The van der Waals surface area contributed by atoms with Crippen LogP contribution in [0.3, 0.4) is 0 Å². The zero-order valence-corrected chi connectivity index (χ0v) is 18.8. The zero-order valence-electron chi connectivity index (χ0n) is 18.8. The lowest BCUT2D eigenvalue weighted by Gasteiger charge is -2.07. The predicted molar refractivity (Wildman–Crippen MR) is 125 cm³/mol. The van der Waals surface area contributed by atoms with Gasteiger partial charge in [0, 0.05) is 5.57 Å². The number of benzene rings is 2. The lowest BCUT2D eigenvalue weighted by Crippen LogP contribution is -2.06. The van der Waals surface area contributed by atoms with Gasteiger partial charge in [-0.15, -0.1) is 0 Å². The van der Waals surface area contributed by atoms with E-state index in [0.717, 1.165) is 49.2 Å². The molecule has 31 heavy (non-hydrogen) atoms. The Morgan fingerprint density at radius 1 is 0.839 bits per heavy atom. The molecule has 0 aromatic heterocycles. The van der Waals surface area contributed by atoms with Crippen LogP contribution in [0, 0.1) is 0 Å². The van der Waals surface area contributed by atoms with Gasteiger partial charge in [0.05, 0.1) is 24.6 Å². The third-order valence-electron chi connectivity index (χ3n) is 4.76. The summed E-state index contributed by atoms with van der Waals surface area (Å²) in [6.07, 6.45) is 7.39. The molecule has 0 N–H and O–H groups in total. The Bertz CT molecular complexity index is 827. The minimum absolute atomic E-state index is 0.313. The molecule has 0 bridgehead atoms. The van der Waals surface area contributed by atoms with Crippen molar-refractivity contribution in [2.24, 2.45) is 10.2 Å². The molecule has 5 nitrogen and oxygen atoms in total. The summed E-state index contributed by atoms with van der Waals surface area (Å²) < 4.78 is 10.8. The van der Waals surface area contributed by atoms with Gasteiger partial charge in [-0.1, -0.05) is 32.1 Å². The number of azo groups is 1. The van der Waals surface area contributed by atoms with E-state index in [-0.39, 0.29) is 5.97 Å². The third kappa shape index (κ3) is 10.1. The van der Waals surface area contributed by atoms with E-state index in [0.29, 0.717) is 18.8 Å². The monoisotopic (exact) mass is 422 g/mol. The number of esters is 1. The summed E-state index contributed by atoms with van der Waals surface area (Å²) in [6.45, 7) is 8.53. The van der Waals surface area contributed by atoms with Gasteiger partial charge in [0.15, 0.2) is 0 Å². The van der Waals surface area contributed by atoms with E-state index >= 15 is 0 Å². The maximum absolute atomic E-state index is 11.3. The molecule has 2 aromatic rings. The first kappa shape index (κ1) is 24.3. The van der Waals surface area contributed by atoms with Crippen molar-refractivity contribution in [2.45, 2.75) is 58.8 Å². The van der Waals surface area contributed by atoms with Gasteiger partial charge in [-0.2, -0.15) is 10.2 Å². The van der Waals surface area contributed by atoms with Gasteiger partial charge in [-0.25, -0.2) is 4.79 Å². The number of hydrogen-bond acceptors (Lipinski definition) is 5. The molecule has 0 aliphatic rings. The fourth-order valence-electron chi connectivity index (χ4n) is 2.87. The number of unbranched alkanes of at least 4 members (excludes halogenated alkanes) is 4. The number of ether oxygens (including phenoxy) is 2. The molecule has 0 aliphatic heterocycles. The van der Waals surface area contributed by atoms with Gasteiger partial charge < -0.3 is 9.47 Å². The quantitative estimate of drug-likeness (QED) is 0.137. The van der Waals surface area contributed by atoms with Gasteiger partial charge in [0.2, 0.25) is 0 Å². The highest BCUT2D eigenvalue weighted by molar-refractivity contribution is 5.86. The lowest BCUT2D eigenvalue weighted by molar-refractivity contribution is -0.139. The van der Waals surface area contributed by atoms with Crippen LogP contribution in [0.5, 0.6) is 5.75 Å². The highest BCUT2D eigenvalue weighted by Gasteiger charge is 2.02. The van der Waals surface area contributed by atoms with Crippen LogP contribution in [0.15, 0.2) is 70.9 Å². The number of rotatable bonds is 14. The Kier molecular flexibility index (Phi) is 11.1. The summed E-state index contributed by atoms with van der Waals surface area (Å²) in [7, 11) is 0. The van der Waals surface area contributed by atoms with Crippen LogP contribution >= 0.6 is 0 Å². The van der Waals surface area contributed by atoms with Crippen molar-refractivity contribution in [3.8, 4) is 5.75 Å². The molecule has 0 fully saturated rings. The Hall–Kier alpha value is -2.95. The molecule has 0 unspecified atom stereocenters. The molecular formula is C26H34N2O3. The first-order chi connectivity index (χ1) is 15.1. The van der Waals surface area contributed by atoms with Crippen molar-refractivity contribution in [3.05, 3.63) is 66.2 Å². The average molecular weight is 423 g/mol. The minimum Gasteiger partial charge on any atom is -0.494 e. The van der Waals surface area contributed by atoms with Crippen molar-refractivity contribution in [1.29, 1.82) is 0 Å². The van der Waals surface area contributed by atoms with Gasteiger partial charge in [0.1, 0.15) is 5.75 Å². The molecule has 0 aliphatic carbocycles. The van der Waals surface area contributed by atoms with E-state index in [4.69, 9.17) is 9.47 Å². The second-order valence-corrected chi connectivity index (χ2v) is 7.64. The maximum Gasteiger partial charge on any atom is 0.333 e. The van der Waals surface area contributed by atoms with E-state index in [1.807, 2.05) is 36.4 Å². The fourth-order valence-corrected chi connectivity index (χ4v) is 2.87. The molecule has 0 heterocycles. The van der Waals surface area contributed by atoms with Gasteiger partial charge >= 0.3 is 5.97 Å². The van der Waals surface area contributed by atoms with Crippen LogP contribution in [0.4, 0.5) is 11.4 Å². The Labute approximate surface area is 186 Å². The van der Waals surface area contributed by atoms with Crippen molar-refractivity contribution in [2.75, 3.05) is 13.2 Å². The van der Waals surface area contributed by atoms with E-state index in [2.05, 4.69) is 35.9 Å². The fraction of sp³-hybridized carbons (Fsp3) is 0.423. The molecule has 0 atom stereocenters. The summed E-state index contributed by atoms with van der Waals surface area (Å²) in [5.41, 5.74) is 3.44. The van der Waals surface area contributed by atoms with Crippen molar-refractivity contribution >= 4 is 17.3 Å². The number of nitrogens with zero attached hydrogens (tertiary/aromatic N) is 2. The van der Waals surface area contributed by atoms with E-state index in [1.165, 1.54) is 18.4 Å². The van der Waals surface area contributed by atoms with Crippen molar-refractivity contribution in [1.82, 2.24) is 0 Å². The van der Waals surface area contributed by atoms with E-state index in [1.54, 1.807) is 6.92 Å². The van der Waals surface area contributed by atoms with Crippen LogP contribution in [-0.4, -0.2) is 19.2 Å². The predicted octanol–water partition coefficient (Wildman–Crippen LogP) is 7.50. The maximum atomic E-state index is 11.3. The highest BCUT2D eigenvalue weighted by atomic mass is 16.5. The van der Waals surface area contributed by atoms with Crippen LogP contribution in [0.25, 0.3) is 0 Å².